The van der Waals surface area contributed by atoms with Crippen molar-refractivity contribution in [1.29, 1.82) is 0 Å². The number of anilines is 3. The maximum atomic E-state index is 13.4. The van der Waals surface area contributed by atoms with Crippen LogP contribution < -0.4 is 10.2 Å². The highest BCUT2D eigenvalue weighted by Crippen LogP contribution is 2.48. The second kappa shape index (κ2) is 7.07. The molecule has 0 aromatic heterocycles. The van der Waals surface area contributed by atoms with Gasteiger partial charge in [0.15, 0.2) is 0 Å². The predicted octanol–water partition coefficient (Wildman–Crippen LogP) is 7.19. The number of carbonyl (C=O) groups is 1. The number of amides is 2. The standard InChI is InChI=1S/C20H12ClF3N2OS/c21-12-9-10-14(13(11-12)20(22,23)24)25-19(27)26-15-5-1-3-7-17(15)28-18-8-4-2-6-16(18)26/h1-11H,(H,25,27). The maximum absolute atomic E-state index is 13.4. The maximum Gasteiger partial charge on any atom is 0.418 e. The highest BCUT2D eigenvalue weighted by molar-refractivity contribution is 7.99. The van der Waals surface area contributed by atoms with Gasteiger partial charge in [-0.2, -0.15) is 13.2 Å². The van der Waals surface area contributed by atoms with Crippen LogP contribution in [0.1, 0.15) is 5.56 Å². The van der Waals surface area contributed by atoms with E-state index in [-0.39, 0.29) is 10.7 Å². The molecule has 0 fully saturated rings. The van der Waals surface area contributed by atoms with Crippen molar-refractivity contribution in [3.05, 3.63) is 77.3 Å². The summed E-state index contributed by atoms with van der Waals surface area (Å²) in [5, 5.41) is 2.34. The molecule has 3 aromatic rings. The molecule has 1 aliphatic rings. The smallest absolute Gasteiger partial charge is 0.307 e. The number of alkyl halides is 3. The molecule has 0 unspecified atom stereocenters. The molecule has 0 bridgehead atoms. The lowest BCUT2D eigenvalue weighted by Crippen LogP contribution is -2.33. The minimum Gasteiger partial charge on any atom is -0.307 e. The molecule has 0 saturated carbocycles. The number of para-hydroxylation sites is 2. The van der Waals surface area contributed by atoms with Gasteiger partial charge >= 0.3 is 12.2 Å². The number of nitrogens with one attached hydrogen (secondary N) is 1. The van der Waals surface area contributed by atoms with Gasteiger partial charge in [0.05, 0.1) is 22.6 Å². The summed E-state index contributed by atoms with van der Waals surface area (Å²) in [6, 6.07) is 17.0. The number of urea groups is 1. The van der Waals surface area contributed by atoms with Gasteiger partial charge < -0.3 is 5.32 Å². The molecular weight excluding hydrogens is 409 g/mol. The minimum atomic E-state index is -4.65. The molecule has 3 nitrogen and oxygen atoms in total. The van der Waals surface area contributed by atoms with Crippen LogP contribution in [0, 0.1) is 0 Å². The van der Waals surface area contributed by atoms with Crippen LogP contribution in [0.5, 0.6) is 0 Å². The zero-order valence-electron chi connectivity index (χ0n) is 14.1. The third-order valence-electron chi connectivity index (χ3n) is 4.16. The van der Waals surface area contributed by atoms with E-state index in [1.54, 1.807) is 24.3 Å². The van der Waals surface area contributed by atoms with E-state index >= 15 is 0 Å². The summed E-state index contributed by atoms with van der Waals surface area (Å²) < 4.78 is 40.1. The van der Waals surface area contributed by atoms with Crippen LogP contribution in [0.2, 0.25) is 5.02 Å². The van der Waals surface area contributed by atoms with Gasteiger partial charge in [0.1, 0.15) is 0 Å². The van der Waals surface area contributed by atoms with Crippen molar-refractivity contribution in [2.45, 2.75) is 16.0 Å². The van der Waals surface area contributed by atoms with E-state index in [2.05, 4.69) is 5.32 Å². The summed E-state index contributed by atoms with van der Waals surface area (Å²) in [5.41, 5.74) is -0.145. The fraction of sp³-hybridized carbons (Fsp3) is 0.0500. The zero-order chi connectivity index (χ0) is 19.9. The number of benzene rings is 3. The molecular formula is C20H12ClF3N2OS. The first-order valence-corrected chi connectivity index (χ1v) is 9.38. The molecule has 1 aliphatic heterocycles. The van der Waals surface area contributed by atoms with E-state index < -0.39 is 17.8 Å². The zero-order valence-corrected chi connectivity index (χ0v) is 15.7. The Kier molecular flexibility index (Phi) is 4.72. The number of fused-ring (bicyclic) bond motifs is 2. The third-order valence-corrected chi connectivity index (χ3v) is 5.53. The van der Waals surface area contributed by atoms with Crippen molar-refractivity contribution in [2.24, 2.45) is 0 Å². The Bertz CT molecular complexity index is 1030. The Balaban J connectivity index is 1.76. The van der Waals surface area contributed by atoms with Crippen LogP contribution in [0.25, 0.3) is 0 Å². The van der Waals surface area contributed by atoms with Crippen LogP contribution in [-0.2, 0) is 6.18 Å². The predicted molar refractivity (Wildman–Crippen MR) is 105 cm³/mol. The molecule has 2 amide bonds. The van der Waals surface area contributed by atoms with Crippen molar-refractivity contribution >= 4 is 46.5 Å². The first-order valence-electron chi connectivity index (χ1n) is 8.18. The van der Waals surface area contributed by atoms with Gasteiger partial charge in [0.25, 0.3) is 0 Å². The average Bonchev–Trinajstić information content (AvgIpc) is 2.66. The summed E-state index contributed by atoms with van der Waals surface area (Å²) in [6.45, 7) is 0. The molecule has 3 aromatic carbocycles. The van der Waals surface area contributed by atoms with Crippen molar-refractivity contribution in [3.8, 4) is 0 Å². The monoisotopic (exact) mass is 420 g/mol. The highest BCUT2D eigenvalue weighted by Gasteiger charge is 2.35. The number of nitrogens with zero attached hydrogens (tertiary/aromatic N) is 1. The fourth-order valence-corrected chi connectivity index (χ4v) is 4.18. The Morgan fingerprint density at radius 1 is 0.929 bits per heavy atom. The van der Waals surface area contributed by atoms with Crippen molar-refractivity contribution in [2.75, 3.05) is 10.2 Å². The van der Waals surface area contributed by atoms with E-state index in [9.17, 15) is 18.0 Å². The van der Waals surface area contributed by atoms with Crippen molar-refractivity contribution in [1.82, 2.24) is 0 Å². The van der Waals surface area contributed by atoms with E-state index in [4.69, 9.17) is 11.6 Å². The van der Waals surface area contributed by atoms with E-state index in [1.165, 1.54) is 22.7 Å². The second-order valence-electron chi connectivity index (χ2n) is 5.99. The molecule has 142 valence electrons. The quantitative estimate of drug-likeness (QED) is 0.451. The van der Waals surface area contributed by atoms with Crippen LogP contribution in [0.4, 0.5) is 35.0 Å². The lowest BCUT2D eigenvalue weighted by Gasteiger charge is -2.31. The normalized spacial score (nSPS) is 12.9. The molecule has 1 heterocycles. The molecule has 0 aliphatic carbocycles. The van der Waals surface area contributed by atoms with E-state index in [1.807, 2.05) is 24.3 Å². The average molecular weight is 421 g/mol. The topological polar surface area (TPSA) is 32.3 Å². The van der Waals surface area contributed by atoms with Gasteiger partial charge in [-0.05, 0) is 42.5 Å². The number of halogens is 4. The summed E-state index contributed by atoms with van der Waals surface area (Å²) in [7, 11) is 0. The number of carbonyl (C=O) groups excluding carboxylic acids is 1. The number of hydrogen-bond acceptors (Lipinski definition) is 2. The second-order valence-corrected chi connectivity index (χ2v) is 7.51. The first kappa shape index (κ1) is 18.7. The third kappa shape index (κ3) is 3.43. The van der Waals surface area contributed by atoms with Crippen LogP contribution in [-0.4, -0.2) is 6.03 Å². The molecule has 8 heteroatoms. The molecule has 28 heavy (non-hydrogen) atoms. The SMILES string of the molecule is O=C(Nc1ccc(Cl)cc1C(F)(F)F)N1c2ccccc2Sc2ccccc21. The molecule has 4 rings (SSSR count). The van der Waals surface area contributed by atoms with Gasteiger partial charge in [-0.15, -0.1) is 0 Å². The largest absolute Gasteiger partial charge is 0.418 e. The first-order chi connectivity index (χ1) is 13.3. The Morgan fingerprint density at radius 2 is 1.50 bits per heavy atom. The van der Waals surface area contributed by atoms with Crippen molar-refractivity contribution in [3.63, 3.8) is 0 Å². The van der Waals surface area contributed by atoms with Gasteiger partial charge in [-0.1, -0.05) is 47.6 Å². The van der Waals surface area contributed by atoms with Crippen LogP contribution >= 0.6 is 23.4 Å². The Hall–Kier alpha value is -2.64. The lowest BCUT2D eigenvalue weighted by atomic mass is 10.1. The van der Waals surface area contributed by atoms with Crippen LogP contribution in [0.3, 0.4) is 0 Å². The van der Waals surface area contributed by atoms with E-state index in [0.29, 0.717) is 11.4 Å². The molecule has 1 N–H and O–H groups in total. The fourth-order valence-electron chi connectivity index (χ4n) is 2.95. The molecule has 0 atom stereocenters. The van der Waals surface area contributed by atoms with Crippen LogP contribution in [0.15, 0.2) is 76.5 Å². The van der Waals surface area contributed by atoms with Gasteiger partial charge in [-0.25, -0.2) is 4.79 Å². The molecule has 0 spiro atoms. The molecule has 0 radical (unpaired) electrons. The Labute approximate surface area is 168 Å². The molecule has 0 saturated heterocycles. The van der Waals surface area contributed by atoms with Gasteiger partial charge in [-0.3, -0.25) is 4.90 Å². The lowest BCUT2D eigenvalue weighted by molar-refractivity contribution is -0.136. The van der Waals surface area contributed by atoms with E-state index in [0.717, 1.165) is 21.9 Å². The summed E-state index contributed by atoms with van der Waals surface area (Å²) in [6.07, 6.45) is -4.65. The van der Waals surface area contributed by atoms with Gasteiger partial charge in [0.2, 0.25) is 0 Å². The highest BCUT2D eigenvalue weighted by atomic mass is 35.5. The number of hydrogen-bond donors (Lipinski definition) is 1. The van der Waals surface area contributed by atoms with Gasteiger partial charge in [0, 0.05) is 14.8 Å². The summed E-state index contributed by atoms with van der Waals surface area (Å²) in [5.74, 6) is 0. The van der Waals surface area contributed by atoms with Crippen molar-refractivity contribution < 1.29 is 18.0 Å². The summed E-state index contributed by atoms with van der Waals surface area (Å²) in [4.78, 5) is 16.1. The number of rotatable bonds is 1. The minimum absolute atomic E-state index is 0.0598. The summed E-state index contributed by atoms with van der Waals surface area (Å²) >= 11 is 7.22. The Morgan fingerprint density at radius 3 is 2.07 bits per heavy atom.